The summed E-state index contributed by atoms with van der Waals surface area (Å²) in [5.41, 5.74) is 2.29. The molecule has 0 aromatic heterocycles. The van der Waals surface area contributed by atoms with Crippen LogP contribution in [0.2, 0.25) is 0 Å². The van der Waals surface area contributed by atoms with Crippen LogP contribution in [-0.4, -0.2) is 5.11 Å². The lowest BCUT2D eigenvalue weighted by Crippen LogP contribution is -1.97. The number of benzene rings is 2. The molecular weight excluding hydrogens is 236 g/mol. The molecule has 2 nitrogen and oxygen atoms in total. The number of phenolic OH excluding ortho intramolecular Hbond substituents is 1. The summed E-state index contributed by atoms with van der Waals surface area (Å²) in [6, 6.07) is 15.6. The van der Waals surface area contributed by atoms with Gasteiger partial charge in [0.15, 0.2) is 11.5 Å². The fourth-order valence-electron chi connectivity index (χ4n) is 1.92. The van der Waals surface area contributed by atoms with Crippen LogP contribution in [0.3, 0.4) is 0 Å². The Morgan fingerprint density at radius 3 is 2.53 bits per heavy atom. The molecule has 0 amide bonds. The summed E-state index contributed by atoms with van der Waals surface area (Å²) in [7, 11) is 0. The van der Waals surface area contributed by atoms with Crippen molar-refractivity contribution < 1.29 is 9.84 Å². The number of aromatic hydroxyl groups is 1. The smallest absolute Gasteiger partial charge is 0.161 e. The number of phenols is 1. The van der Waals surface area contributed by atoms with Gasteiger partial charge in [0.05, 0.1) is 0 Å². The van der Waals surface area contributed by atoms with E-state index < -0.39 is 0 Å². The molecule has 100 valence electrons. The van der Waals surface area contributed by atoms with E-state index in [-0.39, 0.29) is 5.75 Å². The average Bonchev–Trinajstić information content (AvgIpc) is 2.46. The highest BCUT2D eigenvalue weighted by atomic mass is 16.5. The molecule has 2 aromatic rings. The van der Waals surface area contributed by atoms with Crippen molar-refractivity contribution in [1.82, 2.24) is 0 Å². The third kappa shape index (κ3) is 3.50. The molecule has 2 heteroatoms. The van der Waals surface area contributed by atoms with Gasteiger partial charge >= 0.3 is 0 Å². The maximum Gasteiger partial charge on any atom is 0.161 e. The normalized spacial score (nSPS) is 12.1. The van der Waals surface area contributed by atoms with Crippen molar-refractivity contribution in [3.05, 3.63) is 59.7 Å². The van der Waals surface area contributed by atoms with Crippen LogP contribution < -0.4 is 4.74 Å². The summed E-state index contributed by atoms with van der Waals surface area (Å²) >= 11 is 0. The highest BCUT2D eigenvalue weighted by molar-refractivity contribution is 5.43. The quantitative estimate of drug-likeness (QED) is 0.854. The third-order valence-electron chi connectivity index (χ3n) is 3.40. The van der Waals surface area contributed by atoms with E-state index in [9.17, 15) is 5.11 Å². The molecule has 0 fully saturated rings. The van der Waals surface area contributed by atoms with E-state index in [1.807, 2.05) is 42.5 Å². The zero-order chi connectivity index (χ0) is 13.7. The number of hydrogen-bond donors (Lipinski definition) is 1. The minimum atomic E-state index is 0.197. The topological polar surface area (TPSA) is 29.5 Å². The first-order chi connectivity index (χ1) is 9.20. The molecule has 0 spiro atoms. The SMILES string of the molecule is CCC(C)c1ccc(O)c(OCc2ccccc2)c1. The van der Waals surface area contributed by atoms with Crippen LogP contribution in [0.4, 0.5) is 0 Å². The third-order valence-corrected chi connectivity index (χ3v) is 3.40. The van der Waals surface area contributed by atoms with Crippen LogP contribution in [0.25, 0.3) is 0 Å². The van der Waals surface area contributed by atoms with Gasteiger partial charge in [-0.25, -0.2) is 0 Å². The van der Waals surface area contributed by atoms with Crippen LogP contribution >= 0.6 is 0 Å². The molecule has 1 atom stereocenters. The van der Waals surface area contributed by atoms with Crippen molar-refractivity contribution in [2.75, 3.05) is 0 Å². The fourth-order valence-corrected chi connectivity index (χ4v) is 1.92. The monoisotopic (exact) mass is 256 g/mol. The van der Waals surface area contributed by atoms with Crippen LogP contribution in [0.15, 0.2) is 48.5 Å². The predicted molar refractivity (Wildman–Crippen MR) is 77.6 cm³/mol. The molecule has 2 rings (SSSR count). The van der Waals surface area contributed by atoms with Crippen LogP contribution in [-0.2, 0) is 6.61 Å². The lowest BCUT2D eigenvalue weighted by atomic mass is 9.98. The average molecular weight is 256 g/mol. The second-order valence-corrected chi connectivity index (χ2v) is 4.81. The first-order valence-corrected chi connectivity index (χ1v) is 6.70. The number of rotatable bonds is 5. The van der Waals surface area contributed by atoms with Crippen molar-refractivity contribution in [3.8, 4) is 11.5 Å². The first-order valence-electron chi connectivity index (χ1n) is 6.70. The maximum atomic E-state index is 9.84. The van der Waals surface area contributed by atoms with Crippen molar-refractivity contribution in [2.24, 2.45) is 0 Å². The molecular formula is C17H20O2. The van der Waals surface area contributed by atoms with Gasteiger partial charge < -0.3 is 9.84 Å². The zero-order valence-electron chi connectivity index (χ0n) is 11.5. The van der Waals surface area contributed by atoms with Gasteiger partial charge in [0, 0.05) is 0 Å². The molecule has 0 aliphatic heterocycles. The standard InChI is InChI=1S/C17H20O2/c1-3-13(2)15-9-10-16(18)17(11-15)19-12-14-7-5-4-6-8-14/h4-11,13,18H,3,12H2,1-2H3. The molecule has 0 aliphatic carbocycles. The van der Waals surface area contributed by atoms with Crippen molar-refractivity contribution in [2.45, 2.75) is 32.8 Å². The van der Waals surface area contributed by atoms with E-state index in [1.165, 1.54) is 5.56 Å². The Hall–Kier alpha value is -1.96. The summed E-state index contributed by atoms with van der Waals surface area (Å²) in [6.07, 6.45) is 1.07. The lowest BCUT2D eigenvalue weighted by molar-refractivity contribution is 0.288. The Labute approximate surface area is 114 Å². The number of ether oxygens (including phenoxy) is 1. The van der Waals surface area contributed by atoms with Crippen LogP contribution in [0.1, 0.15) is 37.3 Å². The molecule has 19 heavy (non-hydrogen) atoms. The molecule has 1 N–H and O–H groups in total. The second kappa shape index (κ2) is 6.28. The van der Waals surface area contributed by atoms with Crippen molar-refractivity contribution >= 4 is 0 Å². The highest BCUT2D eigenvalue weighted by Gasteiger charge is 2.08. The first kappa shape index (κ1) is 13.5. The second-order valence-electron chi connectivity index (χ2n) is 4.81. The van der Waals surface area contributed by atoms with Gasteiger partial charge in [-0.05, 0) is 35.6 Å². The van der Waals surface area contributed by atoms with Gasteiger partial charge in [-0.2, -0.15) is 0 Å². The molecule has 0 heterocycles. The summed E-state index contributed by atoms with van der Waals surface area (Å²) in [4.78, 5) is 0. The predicted octanol–water partition coefficient (Wildman–Crippen LogP) is 4.48. The van der Waals surface area contributed by atoms with Gasteiger partial charge in [-0.3, -0.25) is 0 Å². The van der Waals surface area contributed by atoms with Crippen molar-refractivity contribution in [3.63, 3.8) is 0 Å². The van der Waals surface area contributed by atoms with E-state index in [4.69, 9.17) is 4.74 Å². The molecule has 0 bridgehead atoms. The lowest BCUT2D eigenvalue weighted by Gasteiger charge is -2.13. The van der Waals surface area contributed by atoms with E-state index in [2.05, 4.69) is 13.8 Å². The molecule has 0 saturated heterocycles. The summed E-state index contributed by atoms with van der Waals surface area (Å²) in [5.74, 6) is 1.23. The Balaban J connectivity index is 2.11. The number of hydrogen-bond acceptors (Lipinski definition) is 2. The molecule has 0 radical (unpaired) electrons. The van der Waals surface area contributed by atoms with Gasteiger partial charge in [-0.1, -0.05) is 50.2 Å². The molecule has 0 aliphatic rings. The van der Waals surface area contributed by atoms with Gasteiger partial charge in [0.25, 0.3) is 0 Å². The molecule has 2 aromatic carbocycles. The molecule has 1 unspecified atom stereocenters. The fraction of sp³-hybridized carbons (Fsp3) is 0.294. The Morgan fingerprint density at radius 2 is 1.84 bits per heavy atom. The van der Waals surface area contributed by atoms with E-state index in [0.29, 0.717) is 18.3 Å². The van der Waals surface area contributed by atoms with E-state index >= 15 is 0 Å². The molecule has 0 saturated carbocycles. The van der Waals surface area contributed by atoms with Crippen molar-refractivity contribution in [1.29, 1.82) is 0 Å². The van der Waals surface area contributed by atoms with Gasteiger partial charge in [-0.15, -0.1) is 0 Å². The Bertz CT molecular complexity index is 520. The van der Waals surface area contributed by atoms with Crippen LogP contribution in [0.5, 0.6) is 11.5 Å². The zero-order valence-corrected chi connectivity index (χ0v) is 11.5. The minimum absolute atomic E-state index is 0.197. The minimum Gasteiger partial charge on any atom is -0.504 e. The summed E-state index contributed by atoms with van der Waals surface area (Å²) in [6.45, 7) is 4.80. The highest BCUT2D eigenvalue weighted by Crippen LogP contribution is 2.31. The summed E-state index contributed by atoms with van der Waals surface area (Å²) < 4.78 is 5.71. The van der Waals surface area contributed by atoms with Gasteiger partial charge in [0.1, 0.15) is 6.61 Å². The maximum absolute atomic E-state index is 9.84. The largest absolute Gasteiger partial charge is 0.504 e. The van der Waals surface area contributed by atoms with Gasteiger partial charge in [0.2, 0.25) is 0 Å². The van der Waals surface area contributed by atoms with Crippen LogP contribution in [0, 0.1) is 0 Å². The Kier molecular flexibility index (Phi) is 4.45. The summed E-state index contributed by atoms with van der Waals surface area (Å²) in [5, 5.41) is 9.84. The Morgan fingerprint density at radius 1 is 1.11 bits per heavy atom. The van der Waals surface area contributed by atoms with E-state index in [1.54, 1.807) is 6.07 Å². The van der Waals surface area contributed by atoms with E-state index in [0.717, 1.165) is 12.0 Å².